The van der Waals surface area contributed by atoms with E-state index in [-0.39, 0.29) is 23.1 Å². The molecule has 3 aromatic rings. The van der Waals surface area contributed by atoms with Gasteiger partial charge in [-0.3, -0.25) is 4.68 Å². The molecule has 0 spiro atoms. The number of anilines is 1. The normalized spacial score (nSPS) is 20.1. The zero-order valence-electron chi connectivity index (χ0n) is 18.5. The first-order valence-electron chi connectivity index (χ1n) is 9.91. The Hall–Kier alpha value is -3.49. The molecule has 1 aromatic carbocycles. The first-order valence-corrected chi connectivity index (χ1v) is 11.6. The highest BCUT2D eigenvalue weighted by Gasteiger charge is 2.27. The van der Waals surface area contributed by atoms with Crippen LogP contribution in [-0.4, -0.2) is 42.4 Å². The molecule has 4 rings (SSSR count). The highest BCUT2D eigenvalue weighted by molar-refractivity contribution is 7.90. The number of aromatic nitrogens is 4. The smallest absolute Gasteiger partial charge is 0.258 e. The first kappa shape index (κ1) is 21.7. The van der Waals surface area contributed by atoms with Crippen molar-refractivity contribution in [2.75, 3.05) is 19.8 Å². The molecular weight excluding hydrogens is 428 g/mol. The summed E-state index contributed by atoms with van der Waals surface area (Å²) < 4.78 is 27.9. The van der Waals surface area contributed by atoms with Crippen LogP contribution < -0.4 is 10.5 Å². The number of fused-ring (bicyclic) bond motifs is 5. The maximum Gasteiger partial charge on any atom is 0.258 e. The number of benzene rings is 1. The molecule has 2 bridgehead atoms. The third-order valence-corrected chi connectivity index (χ3v) is 7.57. The summed E-state index contributed by atoms with van der Waals surface area (Å²) in [6.45, 7) is 3.81. The van der Waals surface area contributed by atoms with Crippen molar-refractivity contribution in [3.63, 3.8) is 0 Å². The van der Waals surface area contributed by atoms with Crippen LogP contribution in [-0.2, 0) is 22.7 Å². The number of rotatable bonds is 1. The van der Waals surface area contributed by atoms with Crippen molar-refractivity contribution in [1.82, 2.24) is 24.1 Å². The van der Waals surface area contributed by atoms with Gasteiger partial charge in [0.2, 0.25) is 0 Å². The van der Waals surface area contributed by atoms with Crippen molar-refractivity contribution in [1.29, 1.82) is 5.26 Å². The van der Waals surface area contributed by atoms with Crippen molar-refractivity contribution in [3.8, 4) is 23.2 Å². The summed E-state index contributed by atoms with van der Waals surface area (Å²) >= 11 is 0. The molecule has 0 saturated heterocycles. The van der Waals surface area contributed by atoms with Gasteiger partial charge in [-0.05, 0) is 19.9 Å². The highest BCUT2D eigenvalue weighted by Crippen LogP contribution is 2.36. The summed E-state index contributed by atoms with van der Waals surface area (Å²) in [5, 5.41) is 14.2. The Morgan fingerprint density at radius 1 is 1.38 bits per heavy atom. The van der Waals surface area contributed by atoms with Gasteiger partial charge in [-0.25, -0.2) is 18.5 Å². The fourth-order valence-electron chi connectivity index (χ4n) is 3.56. The minimum atomic E-state index is -2.97. The third-order valence-electron chi connectivity index (χ3n) is 5.29. The van der Waals surface area contributed by atoms with E-state index >= 15 is 0 Å². The lowest BCUT2D eigenvalue weighted by molar-refractivity contribution is 0.219. The molecule has 32 heavy (non-hydrogen) atoms. The van der Waals surface area contributed by atoms with Crippen LogP contribution in [0.5, 0.6) is 5.88 Å². The molecule has 11 heteroatoms. The average molecular weight is 453 g/mol. The largest absolute Gasteiger partial charge is 0.467 e. The molecule has 1 aliphatic heterocycles. The van der Waals surface area contributed by atoms with Crippen molar-refractivity contribution in [2.24, 2.45) is 11.4 Å². The van der Waals surface area contributed by atoms with E-state index in [2.05, 4.69) is 21.1 Å². The lowest BCUT2D eigenvalue weighted by Gasteiger charge is -2.22. The fourth-order valence-corrected chi connectivity index (χ4v) is 5.07. The molecule has 0 saturated carbocycles. The van der Waals surface area contributed by atoms with Crippen molar-refractivity contribution in [3.05, 3.63) is 46.9 Å². The molecule has 0 amide bonds. The number of hydrogen-bond donors (Lipinski definition) is 1. The molecule has 1 unspecified atom stereocenters. The third kappa shape index (κ3) is 3.68. The Morgan fingerprint density at radius 3 is 2.81 bits per heavy atom. The van der Waals surface area contributed by atoms with Crippen LogP contribution in [0.2, 0.25) is 0 Å². The topological polar surface area (TPSA) is 135 Å². The molecule has 0 aliphatic carbocycles. The van der Waals surface area contributed by atoms with Crippen LogP contribution in [0.1, 0.15) is 35.5 Å². The van der Waals surface area contributed by atoms with Crippen molar-refractivity contribution in [2.45, 2.75) is 25.7 Å². The Kier molecular flexibility index (Phi) is 5.36. The SMILES string of the molecule is Cc1ccc2c(c1)[C@@H](C)Oc1nc(cnc1N)-c1c(nn(C)c1C#N)CS(=O)(N(C)C)=N2. The Labute approximate surface area is 187 Å². The van der Waals surface area contributed by atoms with E-state index in [1.54, 1.807) is 25.4 Å². The van der Waals surface area contributed by atoms with Gasteiger partial charge in [0.25, 0.3) is 5.88 Å². The number of ether oxygens (including phenoxy) is 1. The van der Waals surface area contributed by atoms with Gasteiger partial charge in [-0.15, -0.1) is 0 Å². The van der Waals surface area contributed by atoms with E-state index in [4.69, 9.17) is 14.8 Å². The summed E-state index contributed by atoms with van der Waals surface area (Å²) in [5.74, 6) is 0.273. The molecule has 1 aliphatic rings. The van der Waals surface area contributed by atoms with Crippen LogP contribution in [0, 0.1) is 18.3 Å². The summed E-state index contributed by atoms with van der Waals surface area (Å²) in [6.07, 6.45) is 0.974. The standard InChI is InChI=1S/C21H24N8O2S/c1-12-6-7-15-14(8-12)13(2)31-21-20(23)24-10-16(25-21)19-17(26-29(5)18(19)9-22)11-32(30,27-15)28(3)4/h6-8,10,13H,11H2,1-5H3,(H2,23,24)/t13-,32?/m1/s1. The van der Waals surface area contributed by atoms with E-state index in [0.717, 1.165) is 11.1 Å². The maximum atomic E-state index is 14.1. The number of nitrogens with two attached hydrogens (primary N) is 1. The van der Waals surface area contributed by atoms with Gasteiger partial charge >= 0.3 is 0 Å². The Morgan fingerprint density at radius 2 is 2.12 bits per heavy atom. The number of aryl methyl sites for hydroxylation is 2. The summed E-state index contributed by atoms with van der Waals surface area (Å²) in [4.78, 5) is 8.79. The quantitative estimate of drug-likeness (QED) is 0.599. The fraction of sp³-hybridized carbons (Fsp3) is 0.333. The zero-order chi connectivity index (χ0) is 23.2. The van der Waals surface area contributed by atoms with Gasteiger partial charge in [0.1, 0.15) is 27.8 Å². The molecule has 0 radical (unpaired) electrons. The van der Waals surface area contributed by atoms with E-state index in [1.807, 2.05) is 32.0 Å². The molecule has 2 aromatic heterocycles. The van der Waals surface area contributed by atoms with Gasteiger partial charge in [-0.1, -0.05) is 17.7 Å². The monoisotopic (exact) mass is 452 g/mol. The minimum Gasteiger partial charge on any atom is -0.467 e. The molecule has 10 nitrogen and oxygen atoms in total. The Balaban J connectivity index is 2.09. The van der Waals surface area contributed by atoms with Crippen LogP contribution in [0.25, 0.3) is 11.3 Å². The molecule has 2 atom stereocenters. The van der Waals surface area contributed by atoms with Crippen molar-refractivity contribution < 1.29 is 8.95 Å². The second kappa shape index (κ2) is 7.89. The number of nitrogen functional groups attached to an aromatic ring is 1. The molecule has 0 fully saturated rings. The van der Waals surface area contributed by atoms with Gasteiger partial charge in [0, 0.05) is 26.7 Å². The predicted molar refractivity (Wildman–Crippen MR) is 121 cm³/mol. The average Bonchev–Trinajstić information content (AvgIpc) is 3.04. The van der Waals surface area contributed by atoms with E-state index in [0.29, 0.717) is 22.6 Å². The van der Waals surface area contributed by atoms with Crippen LogP contribution in [0.15, 0.2) is 28.8 Å². The van der Waals surface area contributed by atoms with Crippen LogP contribution in [0.4, 0.5) is 11.5 Å². The van der Waals surface area contributed by atoms with Crippen LogP contribution in [0.3, 0.4) is 0 Å². The van der Waals surface area contributed by atoms with Gasteiger partial charge < -0.3 is 10.5 Å². The van der Waals surface area contributed by atoms with Gasteiger partial charge in [0.05, 0.1) is 34.6 Å². The van der Waals surface area contributed by atoms with Crippen molar-refractivity contribution >= 4 is 21.4 Å². The summed E-state index contributed by atoms with van der Waals surface area (Å²) in [6, 6.07) is 7.83. The maximum absolute atomic E-state index is 14.1. The highest BCUT2D eigenvalue weighted by atomic mass is 32.2. The Bertz CT molecular complexity index is 1380. The van der Waals surface area contributed by atoms with Crippen LogP contribution >= 0.6 is 0 Å². The number of nitrogens with zero attached hydrogens (tertiary/aromatic N) is 7. The molecule has 2 N–H and O–H groups in total. The number of nitriles is 1. The molecular formula is C21H24N8O2S. The lowest BCUT2D eigenvalue weighted by Crippen LogP contribution is -2.24. The van der Waals surface area contributed by atoms with E-state index in [9.17, 15) is 9.47 Å². The first-order chi connectivity index (χ1) is 15.1. The second-order valence-electron chi connectivity index (χ2n) is 7.83. The van der Waals surface area contributed by atoms with E-state index < -0.39 is 16.0 Å². The van der Waals surface area contributed by atoms with Gasteiger partial charge in [0.15, 0.2) is 5.82 Å². The predicted octanol–water partition coefficient (Wildman–Crippen LogP) is 2.87. The van der Waals surface area contributed by atoms with E-state index in [1.165, 1.54) is 10.9 Å². The summed E-state index contributed by atoms with van der Waals surface area (Å²) in [7, 11) is 2.11. The molecule has 166 valence electrons. The molecule has 3 heterocycles. The number of hydrogen-bond acceptors (Lipinski definition) is 8. The lowest BCUT2D eigenvalue weighted by atomic mass is 10.1. The summed E-state index contributed by atoms with van der Waals surface area (Å²) in [5.41, 5.74) is 9.86. The minimum absolute atomic E-state index is 0.00516. The second-order valence-corrected chi connectivity index (χ2v) is 10.2. The van der Waals surface area contributed by atoms with Gasteiger partial charge in [-0.2, -0.15) is 14.7 Å². The zero-order valence-corrected chi connectivity index (χ0v) is 19.3.